The molecule has 0 saturated carbocycles. The Hall–Kier alpha value is -3.17. The molecule has 0 aliphatic heterocycles. The topological polar surface area (TPSA) is 75.7 Å². The number of sulfonamides is 1. The van der Waals surface area contributed by atoms with Crippen molar-refractivity contribution in [3.63, 3.8) is 0 Å². The lowest BCUT2D eigenvalue weighted by Crippen LogP contribution is -2.27. The molecular weight excluding hydrogens is 450 g/mol. The highest BCUT2D eigenvalue weighted by Crippen LogP contribution is 2.28. The summed E-state index contributed by atoms with van der Waals surface area (Å²) in [5.41, 5.74) is -0.559. The lowest BCUT2D eigenvalue weighted by atomic mass is 10.2. The zero-order valence-electron chi connectivity index (χ0n) is 16.4. The molecule has 0 saturated heterocycles. The second kappa shape index (κ2) is 8.91. The molecule has 1 amide bonds. The van der Waals surface area contributed by atoms with Crippen molar-refractivity contribution in [2.24, 2.45) is 0 Å². The van der Waals surface area contributed by atoms with Gasteiger partial charge in [0.1, 0.15) is 23.1 Å². The van der Waals surface area contributed by atoms with Crippen LogP contribution in [0.15, 0.2) is 65.6 Å². The van der Waals surface area contributed by atoms with Crippen LogP contribution in [0.2, 0.25) is 5.02 Å². The molecule has 10 heteroatoms. The van der Waals surface area contributed by atoms with Gasteiger partial charge in [0.25, 0.3) is 15.9 Å². The van der Waals surface area contributed by atoms with Gasteiger partial charge < -0.3 is 10.1 Å². The van der Waals surface area contributed by atoms with Crippen LogP contribution in [0.25, 0.3) is 0 Å². The summed E-state index contributed by atoms with van der Waals surface area (Å²) in [6.45, 7) is 0. The number of carbonyl (C=O) groups excluding carboxylic acids is 1. The summed E-state index contributed by atoms with van der Waals surface area (Å²) < 4.78 is 59.8. The van der Waals surface area contributed by atoms with Crippen molar-refractivity contribution in [2.45, 2.75) is 4.90 Å². The minimum atomic E-state index is -4.07. The Morgan fingerprint density at radius 2 is 1.65 bits per heavy atom. The van der Waals surface area contributed by atoms with Gasteiger partial charge in [0.2, 0.25) is 0 Å². The highest BCUT2D eigenvalue weighted by molar-refractivity contribution is 7.92. The molecule has 0 bridgehead atoms. The first-order chi connectivity index (χ1) is 14.6. The minimum absolute atomic E-state index is 0.0831. The minimum Gasteiger partial charge on any atom is -0.497 e. The summed E-state index contributed by atoms with van der Waals surface area (Å²) in [4.78, 5) is 12.4. The molecule has 0 spiro atoms. The van der Waals surface area contributed by atoms with Gasteiger partial charge in [-0.05, 0) is 54.6 Å². The number of para-hydroxylation sites is 1. The number of anilines is 2. The summed E-state index contributed by atoms with van der Waals surface area (Å²) in [5, 5.41) is 2.01. The van der Waals surface area contributed by atoms with Crippen molar-refractivity contribution in [1.29, 1.82) is 0 Å². The van der Waals surface area contributed by atoms with Crippen LogP contribution < -0.4 is 14.4 Å². The molecule has 6 nitrogen and oxygen atoms in total. The quantitative estimate of drug-likeness (QED) is 0.571. The molecule has 162 valence electrons. The molecule has 0 aliphatic rings. The Morgan fingerprint density at radius 1 is 1.03 bits per heavy atom. The first kappa shape index (κ1) is 22.5. The number of halogens is 3. The fourth-order valence-corrected chi connectivity index (χ4v) is 4.15. The lowest BCUT2D eigenvalue weighted by Gasteiger charge is -2.20. The molecule has 0 unspecified atom stereocenters. The molecule has 0 radical (unpaired) electrons. The Morgan fingerprint density at radius 3 is 2.23 bits per heavy atom. The number of nitrogens with one attached hydrogen (secondary N) is 1. The van der Waals surface area contributed by atoms with Crippen LogP contribution in [-0.4, -0.2) is 28.5 Å². The standard InChI is InChI=1S/C21H17ClF2N2O4S/c1-26(13-6-8-14(30-2)9-7-13)31(28,29)15-10-11-17(22)16(12-15)21(27)25-20-18(23)4-3-5-19(20)24/h3-12H,1-2H3,(H,25,27). The summed E-state index contributed by atoms with van der Waals surface area (Å²) >= 11 is 6.05. The van der Waals surface area contributed by atoms with E-state index >= 15 is 0 Å². The molecule has 0 atom stereocenters. The Balaban J connectivity index is 1.94. The monoisotopic (exact) mass is 466 g/mol. The van der Waals surface area contributed by atoms with Crippen LogP contribution >= 0.6 is 11.6 Å². The highest BCUT2D eigenvalue weighted by Gasteiger charge is 2.24. The Kier molecular flexibility index (Phi) is 6.47. The summed E-state index contributed by atoms with van der Waals surface area (Å²) in [6.07, 6.45) is 0. The molecule has 0 fully saturated rings. The number of carbonyl (C=O) groups is 1. The first-order valence-corrected chi connectivity index (χ1v) is 10.6. The van der Waals surface area contributed by atoms with Gasteiger partial charge in [-0.2, -0.15) is 0 Å². The Labute approximate surface area is 183 Å². The predicted molar refractivity (Wildman–Crippen MR) is 114 cm³/mol. The second-order valence-electron chi connectivity index (χ2n) is 6.36. The summed E-state index contributed by atoms with van der Waals surface area (Å²) in [7, 11) is -1.23. The van der Waals surface area contributed by atoms with Crippen LogP contribution in [-0.2, 0) is 10.0 Å². The van der Waals surface area contributed by atoms with Crippen LogP contribution in [0.5, 0.6) is 5.75 Å². The zero-order chi connectivity index (χ0) is 22.8. The maximum absolute atomic E-state index is 13.8. The molecule has 31 heavy (non-hydrogen) atoms. The summed E-state index contributed by atoms with van der Waals surface area (Å²) in [6, 6.07) is 12.9. The van der Waals surface area contributed by atoms with Crippen LogP contribution in [0.4, 0.5) is 20.2 Å². The van der Waals surface area contributed by atoms with Crippen molar-refractivity contribution < 1.29 is 26.7 Å². The number of nitrogens with zero attached hydrogens (tertiary/aromatic N) is 1. The number of benzene rings is 3. The van der Waals surface area contributed by atoms with E-state index in [0.717, 1.165) is 28.6 Å². The fraction of sp³-hybridized carbons (Fsp3) is 0.0952. The molecule has 0 heterocycles. The number of rotatable bonds is 6. The van der Waals surface area contributed by atoms with E-state index in [9.17, 15) is 22.0 Å². The Bertz CT molecular complexity index is 1210. The van der Waals surface area contributed by atoms with Crippen molar-refractivity contribution in [3.05, 3.63) is 82.9 Å². The number of methoxy groups -OCH3 is 1. The fourth-order valence-electron chi connectivity index (χ4n) is 2.73. The van der Waals surface area contributed by atoms with Gasteiger partial charge in [-0.25, -0.2) is 17.2 Å². The van der Waals surface area contributed by atoms with E-state index in [1.165, 1.54) is 26.3 Å². The third kappa shape index (κ3) is 4.62. The molecule has 0 aromatic heterocycles. The number of ether oxygens (including phenoxy) is 1. The maximum atomic E-state index is 13.8. The first-order valence-electron chi connectivity index (χ1n) is 8.83. The maximum Gasteiger partial charge on any atom is 0.264 e. The van der Waals surface area contributed by atoms with Gasteiger partial charge in [-0.1, -0.05) is 17.7 Å². The van der Waals surface area contributed by atoms with Crippen molar-refractivity contribution in [2.75, 3.05) is 23.8 Å². The average molecular weight is 467 g/mol. The third-order valence-electron chi connectivity index (χ3n) is 4.48. The highest BCUT2D eigenvalue weighted by atomic mass is 35.5. The molecule has 3 rings (SSSR count). The number of amides is 1. The lowest BCUT2D eigenvalue weighted by molar-refractivity contribution is 0.102. The van der Waals surface area contributed by atoms with Gasteiger partial charge in [0.15, 0.2) is 0 Å². The van der Waals surface area contributed by atoms with Crippen molar-refractivity contribution in [3.8, 4) is 5.75 Å². The molecular formula is C21H17ClF2N2O4S. The second-order valence-corrected chi connectivity index (χ2v) is 8.74. The van der Waals surface area contributed by atoms with E-state index < -0.39 is 33.3 Å². The average Bonchev–Trinajstić information content (AvgIpc) is 2.76. The smallest absolute Gasteiger partial charge is 0.264 e. The molecule has 3 aromatic rings. The number of hydrogen-bond donors (Lipinski definition) is 1. The SMILES string of the molecule is COc1ccc(N(C)S(=O)(=O)c2ccc(Cl)c(C(=O)Nc3c(F)cccc3F)c2)cc1. The molecule has 0 aliphatic carbocycles. The third-order valence-corrected chi connectivity index (χ3v) is 6.59. The van der Waals surface area contributed by atoms with E-state index in [-0.39, 0.29) is 15.5 Å². The zero-order valence-corrected chi connectivity index (χ0v) is 18.0. The van der Waals surface area contributed by atoms with E-state index in [1.807, 2.05) is 0 Å². The van der Waals surface area contributed by atoms with Gasteiger partial charge >= 0.3 is 0 Å². The molecule has 1 N–H and O–H groups in total. The van der Waals surface area contributed by atoms with Gasteiger partial charge in [-0.15, -0.1) is 0 Å². The normalized spacial score (nSPS) is 11.1. The van der Waals surface area contributed by atoms with Crippen LogP contribution in [0.1, 0.15) is 10.4 Å². The van der Waals surface area contributed by atoms with Gasteiger partial charge in [0.05, 0.1) is 28.3 Å². The van der Waals surface area contributed by atoms with Gasteiger partial charge in [-0.3, -0.25) is 9.10 Å². The summed E-state index contributed by atoms with van der Waals surface area (Å²) in [5.74, 6) is -2.36. The molecule has 3 aromatic carbocycles. The largest absolute Gasteiger partial charge is 0.497 e. The van der Waals surface area contributed by atoms with Gasteiger partial charge in [0, 0.05) is 7.05 Å². The van der Waals surface area contributed by atoms with Crippen LogP contribution in [0.3, 0.4) is 0 Å². The van der Waals surface area contributed by atoms with Crippen molar-refractivity contribution in [1.82, 2.24) is 0 Å². The van der Waals surface area contributed by atoms with E-state index in [1.54, 1.807) is 24.3 Å². The van der Waals surface area contributed by atoms with E-state index in [4.69, 9.17) is 16.3 Å². The number of hydrogen-bond acceptors (Lipinski definition) is 4. The van der Waals surface area contributed by atoms with E-state index in [0.29, 0.717) is 11.4 Å². The predicted octanol–water partition coefficient (Wildman–Crippen LogP) is 4.70. The van der Waals surface area contributed by atoms with Crippen LogP contribution in [0, 0.1) is 11.6 Å². The van der Waals surface area contributed by atoms with E-state index in [2.05, 4.69) is 5.32 Å². The van der Waals surface area contributed by atoms with Crippen molar-refractivity contribution >= 4 is 38.9 Å².